The van der Waals surface area contributed by atoms with Crippen LogP contribution in [0.2, 0.25) is 0 Å². The van der Waals surface area contributed by atoms with E-state index in [1.165, 1.54) is 25.9 Å². The molecule has 112 valence electrons. The fourth-order valence-electron chi connectivity index (χ4n) is 2.57. The van der Waals surface area contributed by atoms with Crippen molar-refractivity contribution < 1.29 is 0 Å². The van der Waals surface area contributed by atoms with E-state index in [0.29, 0.717) is 11.8 Å². The molecule has 20 heavy (non-hydrogen) atoms. The molecule has 0 aromatic carbocycles. The Morgan fingerprint density at radius 1 is 1.30 bits per heavy atom. The summed E-state index contributed by atoms with van der Waals surface area (Å²) in [6.07, 6.45) is 2.70. The molecule has 1 fully saturated rings. The minimum atomic E-state index is 0.434. The van der Waals surface area contributed by atoms with Crippen LogP contribution in [0.4, 0.5) is 5.82 Å². The Balaban J connectivity index is 2.03. The molecule has 0 aliphatic carbocycles. The standard InChI is InChI=1S/C16H26ClN3/c1-13(2)15-10-14(12-17)11-16(18-15)19(3)8-9-20-6-4-5-7-20/h10-11,13H,4-9,12H2,1-3H3. The summed E-state index contributed by atoms with van der Waals surface area (Å²) in [5, 5.41) is 0. The molecule has 0 radical (unpaired) electrons. The van der Waals surface area contributed by atoms with Crippen LogP contribution in [-0.4, -0.2) is 43.1 Å². The summed E-state index contributed by atoms with van der Waals surface area (Å²) < 4.78 is 0. The van der Waals surface area contributed by atoms with Crippen LogP contribution in [0, 0.1) is 0 Å². The van der Waals surface area contributed by atoms with Crippen LogP contribution in [0.15, 0.2) is 12.1 Å². The van der Waals surface area contributed by atoms with Crippen molar-refractivity contribution in [1.82, 2.24) is 9.88 Å². The number of hydrogen-bond acceptors (Lipinski definition) is 3. The van der Waals surface area contributed by atoms with Gasteiger partial charge in [-0.3, -0.25) is 0 Å². The summed E-state index contributed by atoms with van der Waals surface area (Å²) in [6.45, 7) is 9.00. The Morgan fingerprint density at radius 2 is 2.00 bits per heavy atom. The van der Waals surface area contributed by atoms with Gasteiger partial charge in [-0.1, -0.05) is 13.8 Å². The molecule has 4 heteroatoms. The van der Waals surface area contributed by atoms with E-state index >= 15 is 0 Å². The third-order valence-electron chi connectivity index (χ3n) is 3.98. The van der Waals surface area contributed by atoms with Crippen LogP contribution in [0.3, 0.4) is 0 Å². The fourth-order valence-corrected chi connectivity index (χ4v) is 2.73. The summed E-state index contributed by atoms with van der Waals surface area (Å²) in [4.78, 5) is 9.56. The Hall–Kier alpha value is -0.800. The van der Waals surface area contributed by atoms with Crippen LogP contribution in [0.5, 0.6) is 0 Å². The van der Waals surface area contributed by atoms with Gasteiger partial charge in [0.05, 0.1) is 0 Å². The molecule has 0 saturated carbocycles. The van der Waals surface area contributed by atoms with Gasteiger partial charge < -0.3 is 9.80 Å². The lowest BCUT2D eigenvalue weighted by atomic mass is 10.1. The number of nitrogens with zero attached hydrogens (tertiary/aromatic N) is 3. The zero-order valence-corrected chi connectivity index (χ0v) is 13.7. The van der Waals surface area contributed by atoms with E-state index in [-0.39, 0.29) is 0 Å². The number of halogens is 1. The Labute approximate surface area is 127 Å². The smallest absolute Gasteiger partial charge is 0.128 e. The van der Waals surface area contributed by atoms with E-state index in [9.17, 15) is 0 Å². The first-order chi connectivity index (χ1) is 9.60. The highest BCUT2D eigenvalue weighted by atomic mass is 35.5. The Morgan fingerprint density at radius 3 is 2.60 bits per heavy atom. The summed E-state index contributed by atoms with van der Waals surface area (Å²) >= 11 is 6.01. The van der Waals surface area contributed by atoms with Crippen LogP contribution in [0.1, 0.15) is 43.9 Å². The molecule has 0 N–H and O–H groups in total. The molecule has 3 nitrogen and oxygen atoms in total. The second-order valence-electron chi connectivity index (χ2n) is 6.02. The van der Waals surface area contributed by atoms with Gasteiger partial charge in [0, 0.05) is 31.7 Å². The fraction of sp³-hybridized carbons (Fsp3) is 0.688. The number of rotatable bonds is 6. The van der Waals surface area contributed by atoms with E-state index < -0.39 is 0 Å². The molecule has 1 saturated heterocycles. The monoisotopic (exact) mass is 295 g/mol. The molecule has 1 aromatic heterocycles. The number of pyridine rings is 1. The van der Waals surface area contributed by atoms with Crippen molar-refractivity contribution in [2.45, 2.75) is 38.5 Å². The van der Waals surface area contributed by atoms with E-state index in [1.54, 1.807) is 0 Å². The van der Waals surface area contributed by atoms with E-state index in [2.05, 4.69) is 42.8 Å². The SMILES string of the molecule is CC(C)c1cc(CCl)cc(N(C)CCN2CCCC2)n1. The first-order valence-corrected chi connectivity index (χ1v) is 8.14. The Bertz CT molecular complexity index is 428. The molecule has 1 aliphatic heterocycles. The van der Waals surface area contributed by atoms with E-state index in [0.717, 1.165) is 30.2 Å². The van der Waals surface area contributed by atoms with Gasteiger partial charge in [0.1, 0.15) is 5.82 Å². The second kappa shape index (κ2) is 7.28. The third kappa shape index (κ3) is 4.10. The molecule has 1 aromatic rings. The first kappa shape index (κ1) is 15.6. The van der Waals surface area contributed by atoms with Gasteiger partial charge in [0.15, 0.2) is 0 Å². The lowest BCUT2D eigenvalue weighted by Gasteiger charge is -2.23. The maximum Gasteiger partial charge on any atom is 0.128 e. The van der Waals surface area contributed by atoms with Gasteiger partial charge in [0.25, 0.3) is 0 Å². The zero-order valence-electron chi connectivity index (χ0n) is 12.9. The molecule has 0 spiro atoms. The number of likely N-dealkylation sites (N-methyl/N-ethyl adjacent to an activating group) is 1. The highest BCUT2D eigenvalue weighted by molar-refractivity contribution is 6.17. The van der Waals surface area contributed by atoms with Crippen LogP contribution >= 0.6 is 11.6 Å². The van der Waals surface area contributed by atoms with Gasteiger partial charge in [-0.25, -0.2) is 4.98 Å². The third-order valence-corrected chi connectivity index (χ3v) is 4.29. The molecular weight excluding hydrogens is 270 g/mol. The molecule has 0 unspecified atom stereocenters. The second-order valence-corrected chi connectivity index (χ2v) is 6.28. The predicted molar refractivity (Wildman–Crippen MR) is 86.8 cm³/mol. The van der Waals surface area contributed by atoms with Crippen molar-refractivity contribution in [2.24, 2.45) is 0 Å². The van der Waals surface area contributed by atoms with E-state index in [1.807, 2.05) is 0 Å². The minimum Gasteiger partial charge on any atom is -0.358 e. The average Bonchev–Trinajstić information content (AvgIpc) is 2.97. The predicted octanol–water partition coefficient (Wildman–Crippen LogP) is 3.48. The first-order valence-electron chi connectivity index (χ1n) is 7.60. The van der Waals surface area contributed by atoms with Gasteiger partial charge in [-0.2, -0.15) is 0 Å². The van der Waals surface area contributed by atoms with Crippen molar-refractivity contribution in [1.29, 1.82) is 0 Å². The highest BCUT2D eigenvalue weighted by Gasteiger charge is 2.13. The maximum absolute atomic E-state index is 6.01. The van der Waals surface area contributed by atoms with Crippen molar-refractivity contribution in [3.63, 3.8) is 0 Å². The van der Waals surface area contributed by atoms with Gasteiger partial charge in [0.2, 0.25) is 0 Å². The average molecular weight is 296 g/mol. The number of anilines is 1. The van der Waals surface area contributed by atoms with Crippen LogP contribution in [0.25, 0.3) is 0 Å². The van der Waals surface area contributed by atoms with Gasteiger partial charge >= 0.3 is 0 Å². The summed E-state index contributed by atoms with van der Waals surface area (Å²) in [6, 6.07) is 4.23. The van der Waals surface area contributed by atoms with Crippen LogP contribution in [-0.2, 0) is 5.88 Å². The molecule has 0 amide bonds. The van der Waals surface area contributed by atoms with E-state index in [4.69, 9.17) is 16.6 Å². The largest absolute Gasteiger partial charge is 0.358 e. The summed E-state index contributed by atoms with van der Waals surface area (Å²) in [7, 11) is 2.13. The van der Waals surface area contributed by atoms with Gasteiger partial charge in [-0.15, -0.1) is 11.6 Å². The lowest BCUT2D eigenvalue weighted by molar-refractivity contribution is 0.346. The Kier molecular flexibility index (Phi) is 5.67. The highest BCUT2D eigenvalue weighted by Crippen LogP contribution is 2.21. The lowest BCUT2D eigenvalue weighted by Crippen LogP contribution is -2.32. The number of hydrogen-bond donors (Lipinski definition) is 0. The summed E-state index contributed by atoms with van der Waals surface area (Å²) in [5.74, 6) is 2.03. The molecule has 2 rings (SSSR count). The molecule has 1 aliphatic rings. The molecule has 0 atom stereocenters. The number of likely N-dealkylation sites (tertiary alicyclic amines) is 1. The molecule has 0 bridgehead atoms. The van der Waals surface area contributed by atoms with Crippen molar-refractivity contribution >= 4 is 17.4 Å². The number of aromatic nitrogens is 1. The van der Waals surface area contributed by atoms with Gasteiger partial charge in [-0.05, 0) is 49.5 Å². The van der Waals surface area contributed by atoms with Crippen molar-refractivity contribution in [2.75, 3.05) is 38.1 Å². The maximum atomic E-state index is 6.01. The quantitative estimate of drug-likeness (QED) is 0.749. The zero-order chi connectivity index (χ0) is 14.5. The van der Waals surface area contributed by atoms with Crippen LogP contribution < -0.4 is 4.90 Å². The normalized spacial score (nSPS) is 16.1. The molecule has 2 heterocycles. The molecular formula is C16H26ClN3. The number of alkyl halides is 1. The minimum absolute atomic E-state index is 0.434. The topological polar surface area (TPSA) is 19.4 Å². The van der Waals surface area contributed by atoms with Crippen molar-refractivity contribution in [3.05, 3.63) is 23.4 Å². The summed E-state index contributed by atoms with van der Waals surface area (Å²) in [5.41, 5.74) is 2.29. The van der Waals surface area contributed by atoms with Crippen molar-refractivity contribution in [3.8, 4) is 0 Å².